The molecule has 2 unspecified atom stereocenters. The fourth-order valence-electron chi connectivity index (χ4n) is 1.52. The summed E-state index contributed by atoms with van der Waals surface area (Å²) in [6.45, 7) is 3.45. The maximum Gasteiger partial charge on any atom is 0.348 e. The second-order valence-electron chi connectivity index (χ2n) is 3.64. The van der Waals surface area contributed by atoms with E-state index in [-0.39, 0.29) is 12.2 Å². The van der Waals surface area contributed by atoms with Gasteiger partial charge in [0.25, 0.3) is 0 Å². The summed E-state index contributed by atoms with van der Waals surface area (Å²) in [4.78, 5) is 19.3. The Morgan fingerprint density at radius 3 is 2.64 bits per heavy atom. The van der Waals surface area contributed by atoms with E-state index in [0.717, 1.165) is 12.4 Å². The molecule has 6 heteroatoms. The number of nitrogens with zero attached hydrogens (tertiary/aromatic N) is 1. The van der Waals surface area contributed by atoms with Gasteiger partial charge in [0.05, 0.1) is 12.2 Å². The average Bonchev–Trinajstić information content (AvgIpc) is 1.97. The van der Waals surface area contributed by atoms with Crippen molar-refractivity contribution in [3.05, 3.63) is 11.9 Å². The monoisotopic (exact) mass is 221 g/mol. The molecule has 1 fully saturated rings. The number of rotatable bonds is 2. The minimum Gasteiger partial charge on any atom is -0.369 e. The van der Waals surface area contributed by atoms with Crippen molar-refractivity contribution >= 4 is 7.60 Å². The molecule has 0 spiro atoms. The van der Waals surface area contributed by atoms with E-state index in [1.54, 1.807) is 0 Å². The molecule has 0 bridgehead atoms. The third-order valence-electron chi connectivity index (χ3n) is 1.96. The van der Waals surface area contributed by atoms with Crippen LogP contribution in [0.5, 0.6) is 0 Å². The average molecular weight is 221 g/mol. The summed E-state index contributed by atoms with van der Waals surface area (Å²) >= 11 is 0. The lowest BCUT2D eigenvalue weighted by Crippen LogP contribution is -2.43. The van der Waals surface area contributed by atoms with Gasteiger partial charge in [-0.05, 0) is 20.0 Å². The molecular formula is C8H16NO4P. The Bertz CT molecular complexity index is 252. The summed E-state index contributed by atoms with van der Waals surface area (Å²) in [7, 11) is -2.10. The Labute approximate surface area is 83.5 Å². The smallest absolute Gasteiger partial charge is 0.348 e. The van der Waals surface area contributed by atoms with E-state index in [4.69, 9.17) is 14.5 Å². The van der Waals surface area contributed by atoms with Crippen LogP contribution in [-0.2, 0) is 9.30 Å². The molecule has 14 heavy (non-hydrogen) atoms. The summed E-state index contributed by atoms with van der Waals surface area (Å²) < 4.78 is 16.1. The minimum atomic E-state index is -4.05. The largest absolute Gasteiger partial charge is 0.369 e. The summed E-state index contributed by atoms with van der Waals surface area (Å²) in [5.74, 6) is 0.906. The van der Waals surface area contributed by atoms with Crippen LogP contribution in [0.15, 0.2) is 11.9 Å². The van der Waals surface area contributed by atoms with Crippen LogP contribution in [0.25, 0.3) is 0 Å². The summed E-state index contributed by atoms with van der Waals surface area (Å²) in [6, 6.07) is 0. The molecule has 82 valence electrons. The quantitative estimate of drug-likeness (QED) is 0.660. The van der Waals surface area contributed by atoms with Gasteiger partial charge >= 0.3 is 7.60 Å². The van der Waals surface area contributed by atoms with E-state index >= 15 is 0 Å². The van der Waals surface area contributed by atoms with Crippen LogP contribution >= 0.6 is 7.60 Å². The Morgan fingerprint density at radius 2 is 2.14 bits per heavy atom. The molecule has 0 radical (unpaired) electrons. The van der Waals surface area contributed by atoms with Gasteiger partial charge in [0, 0.05) is 18.9 Å². The van der Waals surface area contributed by atoms with Gasteiger partial charge in [-0.2, -0.15) is 0 Å². The van der Waals surface area contributed by atoms with Gasteiger partial charge in [0.1, 0.15) is 0 Å². The molecule has 0 saturated carbocycles. The first-order valence-electron chi connectivity index (χ1n) is 4.45. The molecule has 1 aliphatic rings. The van der Waals surface area contributed by atoms with Crippen molar-refractivity contribution < 1.29 is 19.1 Å². The van der Waals surface area contributed by atoms with Crippen LogP contribution in [0.2, 0.25) is 0 Å². The Balaban J connectivity index is 2.53. The van der Waals surface area contributed by atoms with E-state index in [2.05, 4.69) is 4.90 Å². The zero-order valence-electron chi connectivity index (χ0n) is 8.33. The molecule has 1 rings (SSSR count). The molecule has 1 aliphatic heterocycles. The zero-order valence-corrected chi connectivity index (χ0v) is 9.22. The fraction of sp³-hybridized carbons (Fsp3) is 0.750. The molecule has 5 nitrogen and oxygen atoms in total. The van der Waals surface area contributed by atoms with Gasteiger partial charge in [-0.15, -0.1) is 0 Å². The van der Waals surface area contributed by atoms with Crippen LogP contribution in [0.4, 0.5) is 0 Å². The zero-order chi connectivity index (χ0) is 10.8. The van der Waals surface area contributed by atoms with E-state index in [9.17, 15) is 4.57 Å². The number of likely N-dealkylation sites (N-methyl/N-ethyl adjacent to an activating group) is 1. The maximum atomic E-state index is 10.6. The maximum absolute atomic E-state index is 10.6. The fourth-order valence-corrected chi connectivity index (χ4v) is 1.94. The van der Waals surface area contributed by atoms with Crippen LogP contribution in [0.1, 0.15) is 6.92 Å². The van der Waals surface area contributed by atoms with Crippen molar-refractivity contribution in [3.8, 4) is 0 Å². The lowest BCUT2D eigenvalue weighted by Gasteiger charge is -2.32. The van der Waals surface area contributed by atoms with Crippen molar-refractivity contribution in [1.29, 1.82) is 0 Å². The first kappa shape index (κ1) is 11.9. The first-order valence-corrected chi connectivity index (χ1v) is 6.13. The third-order valence-corrected chi connectivity index (χ3v) is 2.52. The van der Waals surface area contributed by atoms with Gasteiger partial charge in [-0.3, -0.25) is 4.57 Å². The molecule has 0 amide bonds. The molecule has 0 aliphatic carbocycles. The highest BCUT2D eigenvalue weighted by atomic mass is 31.2. The summed E-state index contributed by atoms with van der Waals surface area (Å²) in [5.41, 5.74) is 0. The van der Waals surface area contributed by atoms with Crippen LogP contribution in [0, 0.1) is 0 Å². The van der Waals surface area contributed by atoms with Crippen molar-refractivity contribution in [2.45, 2.75) is 19.1 Å². The molecular weight excluding hydrogens is 205 g/mol. The van der Waals surface area contributed by atoms with Crippen molar-refractivity contribution in [2.75, 3.05) is 20.1 Å². The van der Waals surface area contributed by atoms with Gasteiger partial charge in [-0.1, -0.05) is 0 Å². The van der Waals surface area contributed by atoms with Gasteiger partial charge in [0.2, 0.25) is 0 Å². The van der Waals surface area contributed by atoms with Gasteiger partial charge < -0.3 is 19.4 Å². The van der Waals surface area contributed by atoms with Crippen LogP contribution in [-0.4, -0.2) is 47.0 Å². The minimum absolute atomic E-state index is 0.0974. The van der Waals surface area contributed by atoms with E-state index in [1.165, 1.54) is 6.08 Å². The predicted octanol–water partition coefficient (Wildman–Crippen LogP) is 0.397. The normalized spacial score (nSPS) is 31.1. The lowest BCUT2D eigenvalue weighted by atomic mass is 10.2. The third kappa shape index (κ3) is 4.35. The van der Waals surface area contributed by atoms with Crippen molar-refractivity contribution in [3.63, 3.8) is 0 Å². The summed E-state index contributed by atoms with van der Waals surface area (Å²) in [6.07, 6.45) is 1.31. The van der Waals surface area contributed by atoms with Gasteiger partial charge in [-0.25, -0.2) is 0 Å². The lowest BCUT2D eigenvalue weighted by molar-refractivity contribution is -0.0467. The second kappa shape index (κ2) is 4.55. The summed E-state index contributed by atoms with van der Waals surface area (Å²) in [5, 5.41) is 0. The molecule has 1 heterocycles. The van der Waals surface area contributed by atoms with Crippen LogP contribution < -0.4 is 0 Å². The highest BCUT2D eigenvalue weighted by Gasteiger charge is 2.21. The SMILES string of the molecule is CC1CN(C)CC(/C=C/P(=O)(O)O)O1. The molecule has 1 saturated heterocycles. The number of hydrogen-bond donors (Lipinski definition) is 2. The number of hydrogen-bond acceptors (Lipinski definition) is 3. The molecule has 2 N–H and O–H groups in total. The van der Waals surface area contributed by atoms with E-state index in [0.29, 0.717) is 6.54 Å². The molecule has 0 aromatic carbocycles. The number of morpholine rings is 1. The highest BCUT2D eigenvalue weighted by molar-refractivity contribution is 7.55. The van der Waals surface area contributed by atoms with Crippen LogP contribution in [0.3, 0.4) is 0 Å². The topological polar surface area (TPSA) is 70.0 Å². The first-order chi connectivity index (χ1) is 6.37. The Morgan fingerprint density at radius 1 is 1.50 bits per heavy atom. The standard InChI is InChI=1S/C8H16NO4P/c1-7-5-9(2)6-8(13-7)3-4-14(10,11)12/h3-4,7-8H,5-6H2,1-2H3,(H2,10,11,12)/b4-3+. The molecule has 0 aromatic rings. The number of ether oxygens (including phenoxy) is 1. The van der Waals surface area contributed by atoms with E-state index < -0.39 is 7.60 Å². The highest BCUT2D eigenvalue weighted by Crippen LogP contribution is 2.36. The van der Waals surface area contributed by atoms with Gasteiger partial charge in [0.15, 0.2) is 0 Å². The predicted molar refractivity (Wildman–Crippen MR) is 53.0 cm³/mol. The second-order valence-corrected chi connectivity index (χ2v) is 5.11. The Hall–Kier alpha value is -0.190. The van der Waals surface area contributed by atoms with E-state index in [1.807, 2.05) is 14.0 Å². The molecule has 0 aromatic heterocycles. The van der Waals surface area contributed by atoms with Crippen molar-refractivity contribution in [2.24, 2.45) is 0 Å². The Kier molecular flexibility index (Phi) is 3.86. The van der Waals surface area contributed by atoms with Crippen molar-refractivity contribution in [1.82, 2.24) is 4.90 Å². The molecule has 2 atom stereocenters.